The number of aromatic hydroxyl groups is 2. The fraction of sp³-hybridized carbons (Fsp3) is 0.407. The zero-order valence-electron chi connectivity index (χ0n) is 21.0. The highest BCUT2D eigenvalue weighted by Gasteiger charge is 2.24. The number of rotatable bonds is 9. The van der Waals surface area contributed by atoms with Gasteiger partial charge in [0, 0.05) is 73.1 Å². The molecule has 3 aromatic rings. The molecule has 0 amide bonds. The van der Waals surface area contributed by atoms with E-state index in [2.05, 4.69) is 10.2 Å². The molecule has 0 bridgehead atoms. The Hall–Kier alpha value is -3.40. The number of aldehydes is 1. The normalized spacial score (nSPS) is 16.5. The van der Waals surface area contributed by atoms with Crippen LogP contribution in [-0.4, -0.2) is 90.2 Å². The first kappa shape index (κ1) is 25.7. The number of fused-ring (bicyclic) bond motifs is 2. The maximum Gasteiger partial charge on any atom is 0.226 e. The number of nitrogens with one attached hydrogen (secondary N) is 1. The van der Waals surface area contributed by atoms with Gasteiger partial charge in [-0.25, -0.2) is 5.01 Å². The molecule has 36 heavy (non-hydrogen) atoms. The topological polar surface area (TPSA) is 117 Å². The molecule has 1 heterocycles. The third-order valence-corrected chi connectivity index (χ3v) is 6.85. The van der Waals surface area contributed by atoms with E-state index in [4.69, 9.17) is 0 Å². The molecule has 9 nitrogen and oxygen atoms in total. The Morgan fingerprint density at radius 3 is 2.56 bits per heavy atom. The first-order valence-electron chi connectivity index (χ1n) is 12.3. The molecule has 1 fully saturated rings. The maximum absolute atomic E-state index is 13.1. The van der Waals surface area contributed by atoms with Crippen LogP contribution < -0.4 is 10.3 Å². The van der Waals surface area contributed by atoms with Crippen molar-refractivity contribution >= 4 is 45.0 Å². The number of carbonyl (C=O) groups excluding carboxylic acids is 2. The number of nitrogens with zero attached hydrogens (tertiary/aromatic N) is 3. The first-order chi connectivity index (χ1) is 17.3. The van der Waals surface area contributed by atoms with Crippen molar-refractivity contribution in [3.63, 3.8) is 0 Å². The summed E-state index contributed by atoms with van der Waals surface area (Å²) in [6.45, 7) is 5.46. The van der Waals surface area contributed by atoms with Gasteiger partial charge in [-0.3, -0.25) is 14.5 Å². The SMILES string of the molecule is CCN(c1ccc(NCCN2CCCC(O)C2)c2c(C(=O)C=O)c3c(O)ccc(O)c3cc12)N(C)C. The highest BCUT2D eigenvalue weighted by atomic mass is 16.3. The second kappa shape index (κ2) is 10.7. The van der Waals surface area contributed by atoms with Gasteiger partial charge in [0.2, 0.25) is 5.78 Å². The number of ketones is 1. The molecule has 192 valence electrons. The first-order valence-corrected chi connectivity index (χ1v) is 12.3. The summed E-state index contributed by atoms with van der Waals surface area (Å²) in [5, 5.41) is 40.3. The lowest BCUT2D eigenvalue weighted by atomic mass is 9.91. The monoisotopic (exact) mass is 494 g/mol. The number of β-amino-alcohol motifs (C(OH)–C–C–N with tert-alkyl or cyclic N) is 1. The van der Waals surface area contributed by atoms with Crippen molar-refractivity contribution < 1.29 is 24.9 Å². The van der Waals surface area contributed by atoms with Crippen LogP contribution in [0.1, 0.15) is 30.1 Å². The molecule has 0 aliphatic carbocycles. The molecule has 4 rings (SSSR count). The number of aliphatic hydroxyl groups is 1. The lowest BCUT2D eigenvalue weighted by Gasteiger charge is -2.32. The minimum Gasteiger partial charge on any atom is -0.507 e. The molecule has 0 saturated carbocycles. The van der Waals surface area contributed by atoms with E-state index in [1.165, 1.54) is 12.1 Å². The smallest absolute Gasteiger partial charge is 0.226 e. The van der Waals surface area contributed by atoms with E-state index in [0.717, 1.165) is 25.1 Å². The van der Waals surface area contributed by atoms with Gasteiger partial charge >= 0.3 is 0 Å². The van der Waals surface area contributed by atoms with Crippen molar-refractivity contribution in [2.75, 3.05) is 57.1 Å². The Balaban J connectivity index is 1.92. The average molecular weight is 495 g/mol. The summed E-state index contributed by atoms with van der Waals surface area (Å²) in [6.07, 6.45) is 1.69. The van der Waals surface area contributed by atoms with E-state index in [9.17, 15) is 24.9 Å². The Morgan fingerprint density at radius 2 is 1.89 bits per heavy atom. The fourth-order valence-electron chi connectivity index (χ4n) is 5.23. The van der Waals surface area contributed by atoms with Gasteiger partial charge in [-0.05, 0) is 56.6 Å². The summed E-state index contributed by atoms with van der Waals surface area (Å²) in [4.78, 5) is 27.0. The van der Waals surface area contributed by atoms with Crippen LogP contribution in [0, 0.1) is 0 Å². The van der Waals surface area contributed by atoms with Crippen LogP contribution in [0.2, 0.25) is 0 Å². The van der Waals surface area contributed by atoms with Crippen molar-refractivity contribution in [2.45, 2.75) is 25.9 Å². The number of hydrogen-bond donors (Lipinski definition) is 4. The molecule has 0 spiro atoms. The van der Waals surface area contributed by atoms with Crippen LogP contribution in [0.25, 0.3) is 21.5 Å². The number of likely N-dealkylation sites (tertiary alicyclic amines) is 1. The molecule has 4 N–H and O–H groups in total. The van der Waals surface area contributed by atoms with E-state index in [0.29, 0.717) is 48.0 Å². The molecule has 0 aromatic heterocycles. The van der Waals surface area contributed by atoms with Crippen LogP contribution in [0.4, 0.5) is 11.4 Å². The van der Waals surface area contributed by atoms with E-state index in [1.807, 2.05) is 43.2 Å². The summed E-state index contributed by atoms with van der Waals surface area (Å²) < 4.78 is 0. The minimum atomic E-state index is -0.779. The van der Waals surface area contributed by atoms with Gasteiger partial charge in [-0.2, -0.15) is 0 Å². The van der Waals surface area contributed by atoms with Crippen LogP contribution in [0.5, 0.6) is 11.5 Å². The summed E-state index contributed by atoms with van der Waals surface area (Å²) >= 11 is 0. The largest absolute Gasteiger partial charge is 0.507 e. The predicted octanol–water partition coefficient (Wildman–Crippen LogP) is 2.96. The number of anilines is 2. The summed E-state index contributed by atoms with van der Waals surface area (Å²) in [5.41, 5.74) is 1.50. The zero-order chi connectivity index (χ0) is 26.0. The predicted molar refractivity (Wildman–Crippen MR) is 142 cm³/mol. The Morgan fingerprint density at radius 1 is 1.14 bits per heavy atom. The van der Waals surface area contributed by atoms with E-state index < -0.39 is 5.78 Å². The van der Waals surface area contributed by atoms with Crippen molar-refractivity contribution in [1.29, 1.82) is 0 Å². The van der Waals surface area contributed by atoms with Crippen molar-refractivity contribution in [3.8, 4) is 11.5 Å². The molecule has 1 atom stereocenters. The molecule has 1 aliphatic heterocycles. The molecule has 1 saturated heterocycles. The van der Waals surface area contributed by atoms with Gasteiger partial charge in [-0.15, -0.1) is 0 Å². The fourth-order valence-corrected chi connectivity index (χ4v) is 5.23. The second-order valence-electron chi connectivity index (χ2n) is 9.40. The van der Waals surface area contributed by atoms with Gasteiger partial charge < -0.3 is 25.6 Å². The average Bonchev–Trinajstić information content (AvgIpc) is 2.86. The van der Waals surface area contributed by atoms with Gasteiger partial charge in [0.1, 0.15) is 11.5 Å². The van der Waals surface area contributed by atoms with E-state index in [-0.39, 0.29) is 34.8 Å². The summed E-state index contributed by atoms with van der Waals surface area (Å²) in [7, 11) is 3.83. The molecular formula is C27H34N4O5. The lowest BCUT2D eigenvalue weighted by molar-refractivity contribution is -0.104. The summed E-state index contributed by atoms with van der Waals surface area (Å²) in [5.74, 6) is -1.06. The molecule has 1 unspecified atom stereocenters. The number of aliphatic hydroxyl groups excluding tert-OH is 1. The molecule has 1 aliphatic rings. The Bertz CT molecular complexity index is 1290. The number of phenolic OH excluding ortho intramolecular Hbond substituents is 2. The molecular weight excluding hydrogens is 460 g/mol. The van der Waals surface area contributed by atoms with Gasteiger partial charge in [0.15, 0.2) is 6.29 Å². The summed E-state index contributed by atoms with van der Waals surface area (Å²) in [6, 6.07) is 8.27. The van der Waals surface area contributed by atoms with Crippen molar-refractivity contribution in [1.82, 2.24) is 9.91 Å². The van der Waals surface area contributed by atoms with Gasteiger partial charge in [0.25, 0.3) is 0 Å². The number of Topliss-reactive ketones (excluding diaryl/α,β-unsaturated/α-hetero) is 1. The lowest BCUT2D eigenvalue weighted by Crippen LogP contribution is -2.40. The third kappa shape index (κ3) is 4.82. The van der Waals surface area contributed by atoms with Crippen LogP contribution in [0.3, 0.4) is 0 Å². The van der Waals surface area contributed by atoms with Crippen LogP contribution in [-0.2, 0) is 4.79 Å². The standard InChI is InChI=1S/C27H34N4O5/c1-4-31(29(2)3)21-8-7-20(28-11-13-30-12-5-6-17(33)15-30)25-18(21)14-19-22(34)9-10-23(35)26(19)27(25)24(36)16-32/h7-10,14,16-17,28,33-35H,4-6,11-13,15H2,1-3H3. The molecule has 3 aromatic carbocycles. The number of hydrazine groups is 1. The number of piperidine rings is 1. The van der Waals surface area contributed by atoms with E-state index >= 15 is 0 Å². The van der Waals surface area contributed by atoms with Gasteiger partial charge in [0.05, 0.1) is 11.8 Å². The number of hydrogen-bond acceptors (Lipinski definition) is 9. The Labute approximate surface area is 210 Å². The van der Waals surface area contributed by atoms with Gasteiger partial charge in [-0.1, -0.05) is 0 Å². The van der Waals surface area contributed by atoms with Crippen LogP contribution in [0.15, 0.2) is 30.3 Å². The highest BCUT2D eigenvalue weighted by molar-refractivity contribution is 6.41. The third-order valence-electron chi connectivity index (χ3n) is 6.85. The maximum atomic E-state index is 13.1. The molecule has 9 heteroatoms. The number of phenols is 2. The van der Waals surface area contributed by atoms with Crippen molar-refractivity contribution in [2.24, 2.45) is 0 Å². The van der Waals surface area contributed by atoms with Crippen LogP contribution >= 0.6 is 0 Å². The van der Waals surface area contributed by atoms with Crippen molar-refractivity contribution in [3.05, 3.63) is 35.9 Å². The minimum absolute atomic E-state index is 0.0541. The number of carbonyl (C=O) groups is 2. The number of benzene rings is 3. The quantitative estimate of drug-likeness (QED) is 0.0890. The highest BCUT2D eigenvalue weighted by Crippen LogP contribution is 2.44. The second-order valence-corrected chi connectivity index (χ2v) is 9.40. The Kier molecular flexibility index (Phi) is 7.63. The molecule has 0 radical (unpaired) electrons. The van der Waals surface area contributed by atoms with E-state index in [1.54, 1.807) is 6.07 Å². The zero-order valence-corrected chi connectivity index (χ0v) is 21.0.